The zero-order valence-electron chi connectivity index (χ0n) is 11.8. The third-order valence-corrected chi connectivity index (χ3v) is 3.70. The van der Waals surface area contributed by atoms with Gasteiger partial charge in [0.25, 0.3) is 0 Å². The highest BCUT2D eigenvalue weighted by molar-refractivity contribution is 5.38. The van der Waals surface area contributed by atoms with Gasteiger partial charge < -0.3 is 9.42 Å². The number of anilines is 1. The van der Waals surface area contributed by atoms with Gasteiger partial charge in [0.05, 0.1) is 5.92 Å². The second kappa shape index (κ2) is 6.03. The fourth-order valence-electron chi connectivity index (χ4n) is 2.69. The number of pyridine rings is 1. The molecule has 5 nitrogen and oxygen atoms in total. The first-order valence-corrected chi connectivity index (χ1v) is 7.35. The van der Waals surface area contributed by atoms with E-state index in [1.165, 1.54) is 0 Å². The van der Waals surface area contributed by atoms with Crippen molar-refractivity contribution in [2.24, 2.45) is 0 Å². The molecule has 5 heteroatoms. The summed E-state index contributed by atoms with van der Waals surface area (Å²) in [6.45, 7) is 4.08. The van der Waals surface area contributed by atoms with Crippen LogP contribution in [-0.4, -0.2) is 28.2 Å². The molecule has 1 atom stereocenters. The SMILES string of the molecule is CCCc1noc([C@H]2CCCN(c3ccccn3)C2)n1. The minimum absolute atomic E-state index is 0.323. The van der Waals surface area contributed by atoms with Gasteiger partial charge in [-0.3, -0.25) is 0 Å². The van der Waals surface area contributed by atoms with Gasteiger partial charge in [0, 0.05) is 25.7 Å². The molecule has 3 rings (SSSR count). The molecule has 1 saturated heterocycles. The van der Waals surface area contributed by atoms with Crippen LogP contribution in [0.1, 0.15) is 43.8 Å². The van der Waals surface area contributed by atoms with Crippen molar-refractivity contribution in [2.75, 3.05) is 18.0 Å². The van der Waals surface area contributed by atoms with Crippen LogP contribution in [-0.2, 0) is 6.42 Å². The third-order valence-electron chi connectivity index (χ3n) is 3.70. The molecule has 106 valence electrons. The normalized spacial score (nSPS) is 19.2. The Morgan fingerprint density at radius 3 is 3.15 bits per heavy atom. The lowest BCUT2D eigenvalue weighted by Crippen LogP contribution is -2.35. The maximum absolute atomic E-state index is 5.43. The smallest absolute Gasteiger partial charge is 0.231 e. The minimum atomic E-state index is 0.323. The van der Waals surface area contributed by atoms with Gasteiger partial charge in [0.2, 0.25) is 5.89 Å². The van der Waals surface area contributed by atoms with Gasteiger partial charge in [-0.2, -0.15) is 4.98 Å². The molecule has 0 aliphatic carbocycles. The molecule has 1 fully saturated rings. The largest absolute Gasteiger partial charge is 0.356 e. The average molecular weight is 272 g/mol. The van der Waals surface area contributed by atoms with Gasteiger partial charge >= 0.3 is 0 Å². The van der Waals surface area contributed by atoms with Crippen molar-refractivity contribution in [2.45, 2.75) is 38.5 Å². The van der Waals surface area contributed by atoms with E-state index >= 15 is 0 Å². The second-order valence-electron chi connectivity index (χ2n) is 5.27. The van der Waals surface area contributed by atoms with Gasteiger partial charge in [0.1, 0.15) is 5.82 Å². The highest BCUT2D eigenvalue weighted by atomic mass is 16.5. The van der Waals surface area contributed by atoms with E-state index in [0.29, 0.717) is 5.92 Å². The van der Waals surface area contributed by atoms with Crippen LogP contribution in [0.4, 0.5) is 5.82 Å². The first kappa shape index (κ1) is 13.1. The Kier molecular flexibility index (Phi) is 3.95. The van der Waals surface area contributed by atoms with E-state index in [0.717, 1.165) is 56.3 Å². The number of piperidine rings is 1. The maximum atomic E-state index is 5.43. The minimum Gasteiger partial charge on any atom is -0.356 e. The molecule has 0 saturated carbocycles. The fourth-order valence-corrected chi connectivity index (χ4v) is 2.69. The van der Waals surface area contributed by atoms with Crippen LogP contribution >= 0.6 is 0 Å². The molecule has 1 aliphatic rings. The first-order valence-electron chi connectivity index (χ1n) is 7.35. The highest BCUT2D eigenvalue weighted by Crippen LogP contribution is 2.28. The molecule has 0 aromatic carbocycles. The van der Waals surface area contributed by atoms with E-state index in [2.05, 4.69) is 33.0 Å². The summed E-state index contributed by atoms with van der Waals surface area (Å²) in [7, 11) is 0. The summed E-state index contributed by atoms with van der Waals surface area (Å²) in [6, 6.07) is 6.02. The Bertz CT molecular complexity index is 540. The van der Waals surface area contributed by atoms with Crippen molar-refractivity contribution in [3.05, 3.63) is 36.1 Å². The van der Waals surface area contributed by atoms with E-state index < -0.39 is 0 Å². The number of aromatic nitrogens is 3. The molecule has 0 amide bonds. The zero-order valence-corrected chi connectivity index (χ0v) is 11.8. The predicted octanol–water partition coefficient (Wildman–Crippen LogP) is 2.80. The molecule has 2 aromatic heterocycles. The Balaban J connectivity index is 1.71. The van der Waals surface area contributed by atoms with Crippen LogP contribution in [0.25, 0.3) is 0 Å². The molecule has 0 unspecified atom stereocenters. The van der Waals surface area contributed by atoms with Gasteiger partial charge in [-0.05, 0) is 31.4 Å². The summed E-state index contributed by atoms with van der Waals surface area (Å²) < 4.78 is 5.43. The molecular formula is C15H20N4O. The van der Waals surface area contributed by atoms with E-state index in [1.807, 2.05) is 18.3 Å². The summed E-state index contributed by atoms with van der Waals surface area (Å²) in [5, 5.41) is 4.06. The molecule has 0 spiro atoms. The van der Waals surface area contributed by atoms with Crippen LogP contribution < -0.4 is 4.90 Å². The fraction of sp³-hybridized carbons (Fsp3) is 0.533. The van der Waals surface area contributed by atoms with Crippen LogP contribution in [0, 0.1) is 0 Å². The van der Waals surface area contributed by atoms with E-state index in [9.17, 15) is 0 Å². The van der Waals surface area contributed by atoms with Gasteiger partial charge in [-0.15, -0.1) is 0 Å². The first-order chi connectivity index (χ1) is 9.86. The highest BCUT2D eigenvalue weighted by Gasteiger charge is 2.26. The molecule has 20 heavy (non-hydrogen) atoms. The quantitative estimate of drug-likeness (QED) is 0.856. The standard InChI is InChI=1S/C15H20N4O/c1-2-6-13-17-15(20-18-13)12-7-5-10-19(11-12)14-8-3-4-9-16-14/h3-4,8-9,12H,2,5-7,10-11H2,1H3/t12-/m0/s1. The maximum Gasteiger partial charge on any atom is 0.231 e. The Labute approximate surface area is 119 Å². The van der Waals surface area contributed by atoms with Crippen molar-refractivity contribution in [3.63, 3.8) is 0 Å². The van der Waals surface area contributed by atoms with Gasteiger partial charge in [-0.1, -0.05) is 18.1 Å². The Morgan fingerprint density at radius 2 is 2.35 bits per heavy atom. The molecule has 0 radical (unpaired) electrons. The van der Waals surface area contributed by atoms with E-state index in [4.69, 9.17) is 4.52 Å². The molecule has 0 N–H and O–H groups in total. The molecule has 2 aromatic rings. The topological polar surface area (TPSA) is 55.1 Å². The van der Waals surface area contributed by atoms with E-state index in [-0.39, 0.29) is 0 Å². The van der Waals surface area contributed by atoms with Crippen molar-refractivity contribution in [3.8, 4) is 0 Å². The van der Waals surface area contributed by atoms with Crippen LogP contribution in [0.15, 0.2) is 28.9 Å². The summed E-state index contributed by atoms with van der Waals surface area (Å²) in [4.78, 5) is 11.3. The molecule has 3 heterocycles. The monoisotopic (exact) mass is 272 g/mol. The lowest BCUT2D eigenvalue weighted by atomic mass is 9.98. The molecule has 0 bridgehead atoms. The second-order valence-corrected chi connectivity index (χ2v) is 5.27. The van der Waals surface area contributed by atoms with Crippen LogP contribution in [0.5, 0.6) is 0 Å². The van der Waals surface area contributed by atoms with Crippen molar-refractivity contribution in [1.29, 1.82) is 0 Å². The van der Waals surface area contributed by atoms with Crippen molar-refractivity contribution in [1.82, 2.24) is 15.1 Å². The lowest BCUT2D eigenvalue weighted by molar-refractivity contribution is 0.330. The van der Waals surface area contributed by atoms with Crippen LogP contribution in [0.3, 0.4) is 0 Å². The van der Waals surface area contributed by atoms with E-state index in [1.54, 1.807) is 0 Å². The number of hydrogen-bond acceptors (Lipinski definition) is 5. The number of rotatable bonds is 4. The van der Waals surface area contributed by atoms with Crippen molar-refractivity contribution < 1.29 is 4.52 Å². The van der Waals surface area contributed by atoms with Crippen molar-refractivity contribution >= 4 is 5.82 Å². The summed E-state index contributed by atoms with van der Waals surface area (Å²) in [5.41, 5.74) is 0. The third kappa shape index (κ3) is 2.81. The average Bonchev–Trinajstić information content (AvgIpc) is 2.97. The van der Waals surface area contributed by atoms with Gasteiger partial charge in [-0.25, -0.2) is 4.98 Å². The zero-order chi connectivity index (χ0) is 13.8. The summed E-state index contributed by atoms with van der Waals surface area (Å²) in [6.07, 6.45) is 6.01. The Morgan fingerprint density at radius 1 is 1.40 bits per heavy atom. The summed E-state index contributed by atoms with van der Waals surface area (Å²) in [5.74, 6) is 2.97. The predicted molar refractivity (Wildman–Crippen MR) is 76.7 cm³/mol. The number of aryl methyl sites for hydroxylation is 1. The number of hydrogen-bond donors (Lipinski definition) is 0. The Hall–Kier alpha value is -1.91. The number of nitrogens with zero attached hydrogens (tertiary/aromatic N) is 4. The molecule has 1 aliphatic heterocycles. The van der Waals surface area contributed by atoms with Gasteiger partial charge in [0.15, 0.2) is 5.82 Å². The van der Waals surface area contributed by atoms with Crippen LogP contribution in [0.2, 0.25) is 0 Å². The lowest BCUT2D eigenvalue weighted by Gasteiger charge is -2.31. The summed E-state index contributed by atoms with van der Waals surface area (Å²) >= 11 is 0. The molecular weight excluding hydrogens is 252 g/mol.